The molecule has 2 saturated heterocycles. The zero-order valence-electron chi connectivity index (χ0n) is 15.4. The SMILES string of the molecule is OC1CCN(c2ccc(SN3CCC3)cc2-c2cc3ccccc3[nH]2)CC1. The second-order valence-electron chi connectivity index (χ2n) is 7.54. The summed E-state index contributed by atoms with van der Waals surface area (Å²) < 4.78 is 2.42. The van der Waals surface area contributed by atoms with Crippen molar-refractivity contribution in [3.05, 3.63) is 48.5 Å². The van der Waals surface area contributed by atoms with Crippen LogP contribution in [0.3, 0.4) is 0 Å². The Hall–Kier alpha value is -1.95. The average molecular weight is 380 g/mol. The van der Waals surface area contributed by atoms with Crippen molar-refractivity contribution in [2.75, 3.05) is 31.1 Å². The minimum absolute atomic E-state index is 0.154. The lowest BCUT2D eigenvalue weighted by molar-refractivity contribution is 0.145. The molecule has 2 aliphatic heterocycles. The molecule has 2 aliphatic rings. The molecule has 5 heteroatoms. The molecule has 0 spiro atoms. The van der Waals surface area contributed by atoms with Crippen LogP contribution in [0.5, 0.6) is 0 Å². The molecule has 140 valence electrons. The van der Waals surface area contributed by atoms with Crippen LogP contribution in [0.15, 0.2) is 53.4 Å². The molecule has 4 nitrogen and oxygen atoms in total. The number of benzene rings is 2. The first-order valence-corrected chi connectivity index (χ1v) is 10.6. The summed E-state index contributed by atoms with van der Waals surface area (Å²) in [6.45, 7) is 4.18. The molecule has 3 heterocycles. The van der Waals surface area contributed by atoms with E-state index in [4.69, 9.17) is 0 Å². The fourth-order valence-electron chi connectivity index (χ4n) is 3.92. The highest BCUT2D eigenvalue weighted by molar-refractivity contribution is 7.97. The summed E-state index contributed by atoms with van der Waals surface area (Å²) >= 11 is 1.86. The van der Waals surface area contributed by atoms with Gasteiger partial charge in [-0.2, -0.15) is 0 Å². The normalized spacial score (nSPS) is 18.8. The minimum atomic E-state index is -0.154. The number of nitrogens with one attached hydrogen (secondary N) is 1. The van der Waals surface area contributed by atoms with E-state index in [-0.39, 0.29) is 6.10 Å². The highest BCUT2D eigenvalue weighted by atomic mass is 32.2. The first-order valence-electron chi connectivity index (χ1n) is 9.84. The molecule has 2 aromatic carbocycles. The average Bonchev–Trinajstić information content (AvgIpc) is 3.09. The summed E-state index contributed by atoms with van der Waals surface area (Å²) in [5.74, 6) is 0. The largest absolute Gasteiger partial charge is 0.393 e. The van der Waals surface area contributed by atoms with E-state index in [0.717, 1.165) is 25.9 Å². The lowest BCUT2D eigenvalue weighted by atomic mass is 10.0. The number of rotatable bonds is 4. The summed E-state index contributed by atoms with van der Waals surface area (Å²) in [6, 6.07) is 17.5. The molecule has 0 unspecified atom stereocenters. The van der Waals surface area contributed by atoms with Crippen LogP contribution in [-0.4, -0.2) is 46.7 Å². The highest BCUT2D eigenvalue weighted by Crippen LogP contribution is 2.38. The molecule has 0 amide bonds. The predicted molar refractivity (Wildman–Crippen MR) is 113 cm³/mol. The van der Waals surface area contributed by atoms with E-state index in [0.29, 0.717) is 0 Å². The van der Waals surface area contributed by atoms with Crippen LogP contribution in [0.4, 0.5) is 5.69 Å². The Balaban J connectivity index is 1.54. The van der Waals surface area contributed by atoms with E-state index in [1.165, 1.54) is 52.3 Å². The van der Waals surface area contributed by atoms with E-state index < -0.39 is 0 Å². The fraction of sp³-hybridized carbons (Fsp3) is 0.364. The second kappa shape index (κ2) is 7.23. The van der Waals surface area contributed by atoms with Crippen LogP contribution in [0, 0.1) is 0 Å². The van der Waals surface area contributed by atoms with E-state index in [9.17, 15) is 5.11 Å². The number of hydrogen-bond acceptors (Lipinski definition) is 4. The Morgan fingerprint density at radius 3 is 2.52 bits per heavy atom. The Kier molecular flexibility index (Phi) is 4.60. The summed E-state index contributed by atoms with van der Waals surface area (Å²) in [5, 5.41) is 11.1. The maximum Gasteiger partial charge on any atom is 0.0574 e. The Bertz CT molecular complexity index is 909. The number of aromatic nitrogens is 1. The van der Waals surface area contributed by atoms with Crippen molar-refractivity contribution in [2.45, 2.75) is 30.3 Å². The number of para-hydroxylation sites is 1. The maximum absolute atomic E-state index is 9.89. The molecule has 2 N–H and O–H groups in total. The smallest absolute Gasteiger partial charge is 0.0574 e. The fourth-order valence-corrected chi connectivity index (χ4v) is 4.95. The lowest BCUT2D eigenvalue weighted by Crippen LogP contribution is -2.36. The van der Waals surface area contributed by atoms with Gasteiger partial charge >= 0.3 is 0 Å². The van der Waals surface area contributed by atoms with Gasteiger partial charge in [0.1, 0.15) is 0 Å². The quantitative estimate of drug-likeness (QED) is 0.655. The van der Waals surface area contributed by atoms with E-state index in [1.807, 2.05) is 11.9 Å². The number of aromatic amines is 1. The lowest BCUT2D eigenvalue weighted by Gasteiger charge is -2.33. The molecule has 0 bridgehead atoms. The molecule has 0 saturated carbocycles. The monoisotopic (exact) mass is 379 g/mol. The third-order valence-corrected chi connectivity index (χ3v) is 6.73. The summed E-state index contributed by atoms with van der Waals surface area (Å²) in [5.41, 5.74) is 4.87. The van der Waals surface area contributed by atoms with E-state index in [2.05, 4.69) is 62.7 Å². The van der Waals surface area contributed by atoms with Crippen molar-refractivity contribution < 1.29 is 5.11 Å². The molecule has 1 aromatic heterocycles. The van der Waals surface area contributed by atoms with Gasteiger partial charge in [-0.25, -0.2) is 4.31 Å². The first-order chi connectivity index (χ1) is 13.3. The number of hydrogen-bond donors (Lipinski definition) is 2. The molecule has 27 heavy (non-hydrogen) atoms. The van der Waals surface area contributed by atoms with Gasteiger partial charge in [-0.1, -0.05) is 18.2 Å². The van der Waals surface area contributed by atoms with Crippen LogP contribution in [0.25, 0.3) is 22.2 Å². The highest BCUT2D eigenvalue weighted by Gasteiger charge is 2.22. The molecule has 5 rings (SSSR count). The first kappa shape index (κ1) is 17.2. The molecule has 2 fully saturated rings. The van der Waals surface area contributed by atoms with Gasteiger partial charge in [0.2, 0.25) is 0 Å². The van der Waals surface area contributed by atoms with Crippen molar-refractivity contribution in [3.8, 4) is 11.3 Å². The Labute approximate surface area is 164 Å². The molecule has 0 aliphatic carbocycles. The van der Waals surface area contributed by atoms with Gasteiger partial charge in [0.25, 0.3) is 0 Å². The number of anilines is 1. The Morgan fingerprint density at radius 1 is 0.963 bits per heavy atom. The zero-order chi connectivity index (χ0) is 18.2. The number of nitrogens with zero attached hydrogens (tertiary/aromatic N) is 2. The van der Waals surface area contributed by atoms with Gasteiger partial charge in [0.05, 0.1) is 6.10 Å². The number of fused-ring (bicyclic) bond motifs is 1. The van der Waals surface area contributed by atoms with Gasteiger partial charge in [-0.05, 0) is 61.5 Å². The van der Waals surface area contributed by atoms with Gasteiger partial charge in [-0.3, -0.25) is 0 Å². The van der Waals surface area contributed by atoms with Crippen molar-refractivity contribution in [3.63, 3.8) is 0 Å². The summed E-state index contributed by atoms with van der Waals surface area (Å²) in [4.78, 5) is 7.33. The number of H-pyrrole nitrogens is 1. The van der Waals surface area contributed by atoms with Crippen molar-refractivity contribution in [2.24, 2.45) is 0 Å². The predicted octanol–water partition coefficient (Wildman–Crippen LogP) is 4.51. The number of piperidine rings is 1. The molecular formula is C22H25N3OS. The Morgan fingerprint density at radius 2 is 1.78 bits per heavy atom. The standard InChI is InChI=1S/C22H25N3OS/c26-17-8-12-24(13-9-17)22-7-6-18(27-25-10-3-11-25)15-19(22)21-14-16-4-1-2-5-20(16)23-21/h1-2,4-7,14-15,17,23,26H,3,8-13H2. The summed E-state index contributed by atoms with van der Waals surface area (Å²) in [7, 11) is 0. The molecular weight excluding hydrogens is 354 g/mol. The van der Waals surface area contributed by atoms with Crippen LogP contribution in [0.1, 0.15) is 19.3 Å². The molecule has 0 radical (unpaired) electrons. The van der Waals surface area contributed by atoms with Crippen LogP contribution >= 0.6 is 11.9 Å². The van der Waals surface area contributed by atoms with Crippen LogP contribution < -0.4 is 4.90 Å². The summed E-state index contributed by atoms with van der Waals surface area (Å²) in [6.07, 6.45) is 2.84. The number of aliphatic hydroxyl groups is 1. The molecule has 0 atom stereocenters. The van der Waals surface area contributed by atoms with Gasteiger partial charge in [0, 0.05) is 58.9 Å². The van der Waals surface area contributed by atoms with Gasteiger partial charge in [0.15, 0.2) is 0 Å². The third-order valence-electron chi connectivity index (χ3n) is 5.64. The van der Waals surface area contributed by atoms with E-state index in [1.54, 1.807) is 0 Å². The van der Waals surface area contributed by atoms with Crippen molar-refractivity contribution in [1.82, 2.24) is 9.29 Å². The van der Waals surface area contributed by atoms with Gasteiger partial charge < -0.3 is 15.0 Å². The van der Waals surface area contributed by atoms with Crippen molar-refractivity contribution in [1.29, 1.82) is 0 Å². The van der Waals surface area contributed by atoms with Crippen LogP contribution in [0.2, 0.25) is 0 Å². The van der Waals surface area contributed by atoms with Crippen molar-refractivity contribution >= 4 is 28.5 Å². The minimum Gasteiger partial charge on any atom is -0.393 e. The topological polar surface area (TPSA) is 42.5 Å². The number of aliphatic hydroxyl groups excluding tert-OH is 1. The zero-order valence-corrected chi connectivity index (χ0v) is 16.2. The van der Waals surface area contributed by atoms with Gasteiger partial charge in [-0.15, -0.1) is 0 Å². The van der Waals surface area contributed by atoms with E-state index >= 15 is 0 Å². The van der Waals surface area contributed by atoms with Crippen LogP contribution in [-0.2, 0) is 0 Å². The molecule has 3 aromatic rings. The third kappa shape index (κ3) is 3.47. The second-order valence-corrected chi connectivity index (χ2v) is 8.71. The maximum atomic E-state index is 9.89.